The number of piperazine rings is 1. The minimum atomic E-state index is -0.00750. The number of ether oxygens (including phenoxy) is 1. The van der Waals surface area contributed by atoms with E-state index in [0.29, 0.717) is 26.2 Å². The standard InChI is InChI=1S/C24H37N5O3/c1-3-20-18-29(21-6-4-5-7-22(21)32-20)24(31)28-11-8-19(9-12-28)23(30)25-10-13-27-16-14-26(2)15-17-27/h4-7,19-20H,3,8-18H2,1-2H3,(H,25,30). The summed E-state index contributed by atoms with van der Waals surface area (Å²) in [6.45, 7) is 9.80. The maximum atomic E-state index is 13.3. The Labute approximate surface area is 191 Å². The molecule has 0 aromatic heterocycles. The molecule has 176 valence electrons. The third-order valence-electron chi connectivity index (χ3n) is 6.98. The molecule has 3 aliphatic heterocycles. The highest BCUT2D eigenvalue weighted by Crippen LogP contribution is 2.35. The molecule has 0 aliphatic carbocycles. The predicted octanol–water partition coefficient (Wildman–Crippen LogP) is 1.86. The zero-order valence-electron chi connectivity index (χ0n) is 19.5. The Morgan fingerprint density at radius 3 is 2.50 bits per heavy atom. The molecule has 3 amide bonds. The summed E-state index contributed by atoms with van der Waals surface area (Å²) in [7, 11) is 2.15. The van der Waals surface area contributed by atoms with Crippen molar-refractivity contribution < 1.29 is 14.3 Å². The summed E-state index contributed by atoms with van der Waals surface area (Å²) in [6.07, 6.45) is 2.30. The number of urea groups is 1. The fourth-order valence-corrected chi connectivity index (χ4v) is 4.75. The SMILES string of the molecule is CCC1CN(C(=O)N2CCC(C(=O)NCCN3CCN(C)CC3)CC2)c2ccccc2O1. The highest BCUT2D eigenvalue weighted by molar-refractivity contribution is 5.94. The number of nitrogens with zero attached hydrogens (tertiary/aromatic N) is 4. The Morgan fingerprint density at radius 1 is 1.06 bits per heavy atom. The maximum Gasteiger partial charge on any atom is 0.324 e. The summed E-state index contributed by atoms with van der Waals surface area (Å²) in [5.41, 5.74) is 0.839. The van der Waals surface area contributed by atoms with Crippen LogP contribution < -0.4 is 15.0 Å². The smallest absolute Gasteiger partial charge is 0.324 e. The van der Waals surface area contributed by atoms with Gasteiger partial charge in [-0.15, -0.1) is 0 Å². The van der Waals surface area contributed by atoms with E-state index in [4.69, 9.17) is 4.74 Å². The number of likely N-dealkylation sites (N-methyl/N-ethyl adjacent to an activating group) is 1. The molecule has 32 heavy (non-hydrogen) atoms. The van der Waals surface area contributed by atoms with Crippen LogP contribution >= 0.6 is 0 Å². The molecular weight excluding hydrogens is 406 g/mol. The van der Waals surface area contributed by atoms with E-state index >= 15 is 0 Å². The van der Waals surface area contributed by atoms with Crippen molar-refractivity contribution in [3.8, 4) is 5.75 Å². The van der Waals surface area contributed by atoms with Crippen LogP contribution in [-0.4, -0.2) is 98.7 Å². The van der Waals surface area contributed by atoms with E-state index in [1.807, 2.05) is 34.1 Å². The second kappa shape index (κ2) is 10.5. The lowest BCUT2D eigenvalue weighted by Crippen LogP contribution is -2.52. The number of para-hydroxylation sites is 2. The number of carbonyl (C=O) groups is 2. The number of likely N-dealkylation sites (tertiary alicyclic amines) is 1. The van der Waals surface area contributed by atoms with Gasteiger partial charge in [-0.1, -0.05) is 19.1 Å². The van der Waals surface area contributed by atoms with Gasteiger partial charge in [0, 0.05) is 58.3 Å². The number of amides is 3. The van der Waals surface area contributed by atoms with Crippen LogP contribution in [0.1, 0.15) is 26.2 Å². The van der Waals surface area contributed by atoms with Crippen molar-refractivity contribution in [2.45, 2.75) is 32.3 Å². The third-order valence-corrected chi connectivity index (χ3v) is 6.98. The zero-order valence-corrected chi connectivity index (χ0v) is 19.5. The molecule has 4 rings (SSSR count). The fourth-order valence-electron chi connectivity index (χ4n) is 4.75. The Hall–Kier alpha value is -2.32. The molecule has 0 radical (unpaired) electrons. The third kappa shape index (κ3) is 5.35. The highest BCUT2D eigenvalue weighted by Gasteiger charge is 2.34. The van der Waals surface area contributed by atoms with Gasteiger partial charge < -0.3 is 19.9 Å². The van der Waals surface area contributed by atoms with Crippen molar-refractivity contribution in [2.24, 2.45) is 5.92 Å². The average Bonchev–Trinajstić information content (AvgIpc) is 2.84. The summed E-state index contributed by atoms with van der Waals surface area (Å²) >= 11 is 0. The number of piperidine rings is 1. The van der Waals surface area contributed by atoms with E-state index in [1.54, 1.807) is 0 Å². The van der Waals surface area contributed by atoms with E-state index in [1.165, 1.54) is 0 Å². The van der Waals surface area contributed by atoms with Crippen molar-refractivity contribution in [2.75, 3.05) is 70.9 Å². The average molecular weight is 444 g/mol. The Balaban J connectivity index is 1.24. The number of hydrogen-bond donors (Lipinski definition) is 1. The Kier molecular flexibility index (Phi) is 7.52. The number of carbonyl (C=O) groups excluding carboxylic acids is 2. The molecule has 1 aromatic rings. The van der Waals surface area contributed by atoms with Gasteiger partial charge in [-0.2, -0.15) is 0 Å². The van der Waals surface area contributed by atoms with Crippen molar-refractivity contribution >= 4 is 17.6 Å². The lowest BCUT2D eigenvalue weighted by molar-refractivity contribution is -0.126. The molecule has 0 spiro atoms. The topological polar surface area (TPSA) is 68.4 Å². The second-order valence-electron chi connectivity index (χ2n) is 9.21. The summed E-state index contributed by atoms with van der Waals surface area (Å²) in [4.78, 5) is 34.4. The number of benzene rings is 1. The lowest BCUT2D eigenvalue weighted by Gasteiger charge is -2.39. The molecule has 8 nitrogen and oxygen atoms in total. The van der Waals surface area contributed by atoms with Gasteiger partial charge in [0.25, 0.3) is 0 Å². The van der Waals surface area contributed by atoms with E-state index in [-0.39, 0.29) is 24.0 Å². The van der Waals surface area contributed by atoms with Gasteiger partial charge in [0.1, 0.15) is 11.9 Å². The molecule has 8 heteroatoms. The zero-order chi connectivity index (χ0) is 22.5. The number of anilines is 1. The molecule has 1 N–H and O–H groups in total. The van der Waals surface area contributed by atoms with Crippen LogP contribution in [-0.2, 0) is 4.79 Å². The monoisotopic (exact) mass is 443 g/mol. The minimum absolute atomic E-state index is 0.00750. The van der Waals surface area contributed by atoms with Crippen LogP contribution in [0.5, 0.6) is 5.75 Å². The molecule has 1 unspecified atom stereocenters. The van der Waals surface area contributed by atoms with Gasteiger partial charge in [-0.25, -0.2) is 4.79 Å². The van der Waals surface area contributed by atoms with Crippen LogP contribution in [0, 0.1) is 5.92 Å². The number of rotatable bonds is 5. The van der Waals surface area contributed by atoms with E-state index in [2.05, 4.69) is 29.1 Å². The predicted molar refractivity (Wildman–Crippen MR) is 125 cm³/mol. The number of fused-ring (bicyclic) bond motifs is 1. The van der Waals surface area contributed by atoms with Crippen LogP contribution in [0.3, 0.4) is 0 Å². The second-order valence-corrected chi connectivity index (χ2v) is 9.21. The van der Waals surface area contributed by atoms with Gasteiger partial charge in [-0.05, 0) is 38.4 Å². The van der Waals surface area contributed by atoms with E-state index in [0.717, 1.165) is 63.4 Å². The quantitative estimate of drug-likeness (QED) is 0.752. The Bertz CT molecular complexity index is 788. The number of hydrogen-bond acceptors (Lipinski definition) is 5. The first-order valence-corrected chi connectivity index (χ1v) is 12.1. The van der Waals surface area contributed by atoms with Crippen molar-refractivity contribution in [1.82, 2.24) is 20.0 Å². The number of nitrogens with one attached hydrogen (secondary N) is 1. The van der Waals surface area contributed by atoms with Gasteiger partial charge in [-0.3, -0.25) is 14.6 Å². The van der Waals surface area contributed by atoms with Crippen LogP contribution in [0.2, 0.25) is 0 Å². The molecule has 1 aromatic carbocycles. The first kappa shape index (κ1) is 22.9. The van der Waals surface area contributed by atoms with Gasteiger partial charge in [0.2, 0.25) is 5.91 Å². The molecule has 0 saturated carbocycles. The van der Waals surface area contributed by atoms with Crippen LogP contribution in [0.25, 0.3) is 0 Å². The van der Waals surface area contributed by atoms with Crippen molar-refractivity contribution in [3.63, 3.8) is 0 Å². The lowest BCUT2D eigenvalue weighted by atomic mass is 9.96. The molecule has 3 aliphatic rings. The van der Waals surface area contributed by atoms with Crippen LogP contribution in [0.4, 0.5) is 10.5 Å². The van der Waals surface area contributed by atoms with Gasteiger partial charge in [0.05, 0.1) is 12.2 Å². The van der Waals surface area contributed by atoms with Crippen LogP contribution in [0.15, 0.2) is 24.3 Å². The van der Waals surface area contributed by atoms with E-state index < -0.39 is 0 Å². The summed E-state index contributed by atoms with van der Waals surface area (Å²) < 4.78 is 6.01. The molecule has 3 heterocycles. The normalized spacial score (nSPS) is 22.9. The molecule has 2 saturated heterocycles. The minimum Gasteiger partial charge on any atom is -0.486 e. The summed E-state index contributed by atoms with van der Waals surface area (Å²) in [5.74, 6) is 0.898. The summed E-state index contributed by atoms with van der Waals surface area (Å²) in [6, 6.07) is 7.77. The summed E-state index contributed by atoms with van der Waals surface area (Å²) in [5, 5.41) is 3.12. The van der Waals surface area contributed by atoms with E-state index in [9.17, 15) is 9.59 Å². The largest absolute Gasteiger partial charge is 0.486 e. The Morgan fingerprint density at radius 2 is 1.78 bits per heavy atom. The highest BCUT2D eigenvalue weighted by atomic mass is 16.5. The molecule has 2 fully saturated rings. The molecular formula is C24H37N5O3. The first-order chi connectivity index (χ1) is 15.5. The van der Waals surface area contributed by atoms with Gasteiger partial charge >= 0.3 is 6.03 Å². The van der Waals surface area contributed by atoms with Crippen molar-refractivity contribution in [3.05, 3.63) is 24.3 Å². The molecule has 0 bridgehead atoms. The van der Waals surface area contributed by atoms with Gasteiger partial charge in [0.15, 0.2) is 0 Å². The van der Waals surface area contributed by atoms with Crippen molar-refractivity contribution in [1.29, 1.82) is 0 Å². The fraction of sp³-hybridized carbons (Fsp3) is 0.667. The first-order valence-electron chi connectivity index (χ1n) is 12.1. The maximum absolute atomic E-state index is 13.3. The molecule has 1 atom stereocenters.